The number of benzene rings is 2. The number of hydrogen-bond donors (Lipinski definition) is 1. The topological polar surface area (TPSA) is 51.2 Å². The molecule has 5 rings (SSSR count). The summed E-state index contributed by atoms with van der Waals surface area (Å²) < 4.78 is 5.60. The summed E-state index contributed by atoms with van der Waals surface area (Å²) in [5, 5.41) is 4.77. The van der Waals surface area contributed by atoms with Crippen LogP contribution in [0, 0.1) is 5.41 Å². The van der Waals surface area contributed by atoms with Crippen molar-refractivity contribution >= 4 is 27.9 Å². The van der Waals surface area contributed by atoms with E-state index in [9.17, 15) is 4.79 Å². The number of ketones is 1. The van der Waals surface area contributed by atoms with E-state index in [0.29, 0.717) is 13.0 Å². The van der Waals surface area contributed by atoms with Crippen LogP contribution in [-0.4, -0.2) is 17.4 Å². The minimum absolute atomic E-state index is 0.0573. The Balaban J connectivity index is 1.71. The molecule has 0 unspecified atom stereocenters. The normalized spacial score (nSPS) is 19.8. The standard InChI is InChI=1S/C26H26N2O2/c1-4-30-17-9-7-16(8-10-17)25-24-19(14-26(2,3)15-22(24)29)23-18-6-5-13-27-20(18)11-12-21(23)28-25/h5-13,25,28H,4,14-15H2,1-3H3/t25-/m0/s1. The molecule has 0 spiro atoms. The fraction of sp³-hybridized carbons (Fsp3) is 0.308. The average molecular weight is 399 g/mol. The first kappa shape index (κ1) is 18.9. The van der Waals surface area contributed by atoms with Crippen LogP contribution in [-0.2, 0) is 4.79 Å². The molecule has 2 aliphatic rings. The Kier molecular flexibility index (Phi) is 4.39. The van der Waals surface area contributed by atoms with Gasteiger partial charge >= 0.3 is 0 Å². The third kappa shape index (κ3) is 3.07. The molecule has 2 aromatic carbocycles. The van der Waals surface area contributed by atoms with E-state index in [1.807, 2.05) is 31.3 Å². The number of nitrogens with one attached hydrogen (secondary N) is 1. The number of fused-ring (bicyclic) bond motifs is 4. The van der Waals surface area contributed by atoms with Crippen LogP contribution in [0.3, 0.4) is 0 Å². The number of aromatic nitrogens is 1. The van der Waals surface area contributed by atoms with Gasteiger partial charge in [-0.15, -0.1) is 0 Å². The Bertz CT molecular complexity index is 1180. The van der Waals surface area contributed by atoms with Crippen LogP contribution in [0.5, 0.6) is 5.75 Å². The van der Waals surface area contributed by atoms with Crippen molar-refractivity contribution in [2.45, 2.75) is 39.7 Å². The highest BCUT2D eigenvalue weighted by atomic mass is 16.5. The van der Waals surface area contributed by atoms with E-state index in [0.717, 1.165) is 45.5 Å². The summed E-state index contributed by atoms with van der Waals surface area (Å²) in [7, 11) is 0. The van der Waals surface area contributed by atoms with Crippen molar-refractivity contribution in [3.05, 3.63) is 71.4 Å². The second-order valence-electron chi connectivity index (χ2n) is 8.97. The average Bonchev–Trinajstić information content (AvgIpc) is 2.72. The molecular weight excluding hydrogens is 372 g/mol. The van der Waals surface area contributed by atoms with Gasteiger partial charge in [-0.3, -0.25) is 9.78 Å². The quantitative estimate of drug-likeness (QED) is 0.593. The molecule has 2 heterocycles. The zero-order valence-electron chi connectivity index (χ0n) is 17.7. The van der Waals surface area contributed by atoms with Gasteiger partial charge in [-0.05, 0) is 60.2 Å². The lowest BCUT2D eigenvalue weighted by Crippen LogP contribution is -2.33. The fourth-order valence-electron chi connectivity index (χ4n) is 4.89. The van der Waals surface area contributed by atoms with E-state index in [1.165, 1.54) is 5.57 Å². The molecule has 1 aliphatic carbocycles. The molecule has 0 saturated carbocycles. The highest BCUT2D eigenvalue weighted by Crippen LogP contribution is 2.51. The van der Waals surface area contributed by atoms with Crippen LogP contribution in [0.1, 0.15) is 50.8 Å². The Labute approximate surface area is 177 Å². The highest BCUT2D eigenvalue weighted by molar-refractivity contribution is 6.12. The summed E-state index contributed by atoms with van der Waals surface area (Å²) >= 11 is 0. The zero-order chi connectivity index (χ0) is 20.9. The van der Waals surface area contributed by atoms with Gasteiger partial charge in [0.05, 0.1) is 18.2 Å². The van der Waals surface area contributed by atoms with Gasteiger partial charge in [0.25, 0.3) is 0 Å². The minimum atomic E-state index is -0.152. The lowest BCUT2D eigenvalue weighted by Gasteiger charge is -2.40. The fourth-order valence-corrected chi connectivity index (χ4v) is 4.89. The van der Waals surface area contributed by atoms with E-state index in [4.69, 9.17) is 4.74 Å². The Morgan fingerprint density at radius 3 is 2.67 bits per heavy atom. The highest BCUT2D eigenvalue weighted by Gasteiger charge is 2.40. The predicted octanol–water partition coefficient (Wildman–Crippen LogP) is 5.94. The molecule has 3 aromatic rings. The number of hydrogen-bond acceptors (Lipinski definition) is 4. The molecule has 1 aromatic heterocycles. The van der Waals surface area contributed by atoms with Crippen LogP contribution >= 0.6 is 0 Å². The number of Topliss-reactive ketones (excluding diaryl/α,β-unsaturated/α-hetero) is 1. The zero-order valence-corrected chi connectivity index (χ0v) is 17.7. The maximum absolute atomic E-state index is 13.4. The van der Waals surface area contributed by atoms with Gasteiger partial charge in [-0.2, -0.15) is 0 Å². The van der Waals surface area contributed by atoms with Gasteiger partial charge in [-0.1, -0.05) is 32.0 Å². The molecule has 1 atom stereocenters. The third-order valence-corrected chi connectivity index (χ3v) is 6.12. The maximum atomic E-state index is 13.4. The summed E-state index contributed by atoms with van der Waals surface area (Å²) in [4.78, 5) is 17.9. The summed E-state index contributed by atoms with van der Waals surface area (Å²) in [5.74, 6) is 1.08. The third-order valence-electron chi connectivity index (χ3n) is 6.12. The molecule has 0 radical (unpaired) electrons. The predicted molar refractivity (Wildman–Crippen MR) is 121 cm³/mol. The molecule has 0 bridgehead atoms. The Morgan fingerprint density at radius 2 is 1.90 bits per heavy atom. The van der Waals surface area contributed by atoms with Crippen molar-refractivity contribution < 1.29 is 9.53 Å². The molecule has 0 fully saturated rings. The van der Waals surface area contributed by atoms with Crippen LogP contribution in [0.25, 0.3) is 16.5 Å². The van der Waals surface area contributed by atoms with Crippen LogP contribution in [0.2, 0.25) is 0 Å². The second kappa shape index (κ2) is 6.98. The van der Waals surface area contributed by atoms with Crippen LogP contribution < -0.4 is 10.1 Å². The maximum Gasteiger partial charge on any atom is 0.162 e. The van der Waals surface area contributed by atoms with Crippen molar-refractivity contribution in [2.24, 2.45) is 5.41 Å². The van der Waals surface area contributed by atoms with Gasteiger partial charge in [0.1, 0.15) is 5.75 Å². The van der Waals surface area contributed by atoms with E-state index in [2.05, 4.69) is 54.5 Å². The summed E-state index contributed by atoms with van der Waals surface area (Å²) in [6.07, 6.45) is 3.27. The van der Waals surface area contributed by atoms with Gasteiger partial charge < -0.3 is 10.1 Å². The molecular formula is C26H26N2O2. The van der Waals surface area contributed by atoms with Crippen molar-refractivity contribution in [1.29, 1.82) is 0 Å². The molecule has 4 nitrogen and oxygen atoms in total. The first-order chi connectivity index (χ1) is 14.5. The molecule has 1 aliphatic heterocycles. The number of ether oxygens (including phenoxy) is 1. The van der Waals surface area contributed by atoms with Crippen molar-refractivity contribution in [1.82, 2.24) is 4.98 Å². The number of carbonyl (C=O) groups excluding carboxylic acids is 1. The smallest absolute Gasteiger partial charge is 0.162 e. The van der Waals surface area contributed by atoms with Gasteiger partial charge in [-0.25, -0.2) is 0 Å². The summed E-state index contributed by atoms with van der Waals surface area (Å²) in [5.41, 5.74) is 6.26. The van der Waals surface area contributed by atoms with Crippen molar-refractivity contribution in [3.8, 4) is 5.75 Å². The lowest BCUT2D eigenvalue weighted by atomic mass is 9.68. The molecule has 30 heavy (non-hydrogen) atoms. The number of allylic oxidation sites excluding steroid dienone is 1. The number of anilines is 1. The van der Waals surface area contributed by atoms with Gasteiger partial charge in [0.15, 0.2) is 5.78 Å². The first-order valence-electron chi connectivity index (χ1n) is 10.6. The molecule has 4 heteroatoms. The largest absolute Gasteiger partial charge is 0.494 e. The molecule has 0 saturated heterocycles. The Morgan fingerprint density at radius 1 is 1.10 bits per heavy atom. The molecule has 0 amide bonds. The summed E-state index contributed by atoms with van der Waals surface area (Å²) in [6.45, 7) is 6.99. The summed E-state index contributed by atoms with van der Waals surface area (Å²) in [6, 6.07) is 16.2. The molecule has 1 N–H and O–H groups in total. The van der Waals surface area contributed by atoms with Crippen LogP contribution in [0.4, 0.5) is 5.69 Å². The van der Waals surface area contributed by atoms with Crippen LogP contribution in [0.15, 0.2) is 60.3 Å². The minimum Gasteiger partial charge on any atom is -0.494 e. The number of pyridine rings is 1. The van der Waals surface area contributed by atoms with Crippen molar-refractivity contribution in [3.63, 3.8) is 0 Å². The monoisotopic (exact) mass is 398 g/mol. The van der Waals surface area contributed by atoms with E-state index in [-0.39, 0.29) is 17.2 Å². The van der Waals surface area contributed by atoms with Gasteiger partial charge in [0.2, 0.25) is 0 Å². The molecule has 152 valence electrons. The Hall–Kier alpha value is -3.14. The van der Waals surface area contributed by atoms with Crippen molar-refractivity contribution in [2.75, 3.05) is 11.9 Å². The first-order valence-corrected chi connectivity index (χ1v) is 10.6. The number of nitrogens with zero attached hydrogens (tertiary/aromatic N) is 1. The second-order valence-corrected chi connectivity index (χ2v) is 8.97. The van der Waals surface area contributed by atoms with E-state index < -0.39 is 0 Å². The SMILES string of the molecule is CCOc1ccc([C@@H]2Nc3ccc4ncccc4c3C3=C2C(=O)CC(C)(C)C3)cc1. The van der Waals surface area contributed by atoms with E-state index in [1.54, 1.807) is 0 Å². The number of carbonyl (C=O) groups is 1. The van der Waals surface area contributed by atoms with E-state index >= 15 is 0 Å². The number of rotatable bonds is 3. The van der Waals surface area contributed by atoms with Gasteiger partial charge in [0, 0.05) is 34.8 Å². The lowest BCUT2D eigenvalue weighted by molar-refractivity contribution is -0.118.